The van der Waals surface area contributed by atoms with Crippen LogP contribution in [-0.4, -0.2) is 17.7 Å². The van der Waals surface area contributed by atoms with Crippen LogP contribution < -0.4 is 5.32 Å². The van der Waals surface area contributed by atoms with Gasteiger partial charge in [-0.15, -0.1) is 0 Å². The molecule has 0 radical (unpaired) electrons. The van der Waals surface area contributed by atoms with E-state index in [9.17, 15) is 4.79 Å². The zero-order chi connectivity index (χ0) is 12.2. The molecule has 90 valence electrons. The number of ether oxygens (including phenoxy) is 1. The molecular formula is C12H25NO2. The number of hydrogen-bond donors (Lipinski definition) is 1. The lowest BCUT2D eigenvalue weighted by Crippen LogP contribution is -2.41. The molecule has 0 aromatic rings. The molecule has 0 unspecified atom stereocenters. The maximum Gasteiger partial charge on any atom is 0.407 e. The molecule has 0 bridgehead atoms. The SMILES string of the molecule is CC(C)[C@H](C)[C@@H](C)NC(=O)OC(C)(C)C. The van der Waals surface area contributed by atoms with Crippen molar-refractivity contribution in [3.63, 3.8) is 0 Å². The van der Waals surface area contributed by atoms with E-state index < -0.39 is 5.60 Å². The van der Waals surface area contributed by atoms with Crippen molar-refractivity contribution < 1.29 is 9.53 Å². The minimum absolute atomic E-state index is 0.139. The van der Waals surface area contributed by atoms with Gasteiger partial charge in [0.1, 0.15) is 5.60 Å². The van der Waals surface area contributed by atoms with E-state index >= 15 is 0 Å². The highest BCUT2D eigenvalue weighted by Crippen LogP contribution is 2.15. The molecule has 1 N–H and O–H groups in total. The van der Waals surface area contributed by atoms with E-state index in [2.05, 4.69) is 26.1 Å². The highest BCUT2D eigenvalue weighted by Gasteiger charge is 2.21. The van der Waals surface area contributed by atoms with Gasteiger partial charge in [-0.1, -0.05) is 20.8 Å². The van der Waals surface area contributed by atoms with Crippen LogP contribution in [0, 0.1) is 11.8 Å². The predicted octanol–water partition coefficient (Wildman–Crippen LogP) is 3.19. The van der Waals surface area contributed by atoms with E-state index in [0.29, 0.717) is 11.8 Å². The average Bonchev–Trinajstić information content (AvgIpc) is 1.98. The minimum Gasteiger partial charge on any atom is -0.444 e. The predicted molar refractivity (Wildman–Crippen MR) is 62.8 cm³/mol. The monoisotopic (exact) mass is 215 g/mol. The van der Waals surface area contributed by atoms with Gasteiger partial charge in [-0.25, -0.2) is 4.79 Å². The Morgan fingerprint density at radius 3 is 1.93 bits per heavy atom. The van der Waals surface area contributed by atoms with Gasteiger partial charge in [0.25, 0.3) is 0 Å². The summed E-state index contributed by atoms with van der Waals surface area (Å²) in [4.78, 5) is 11.5. The maximum atomic E-state index is 11.5. The maximum absolute atomic E-state index is 11.5. The minimum atomic E-state index is -0.426. The van der Waals surface area contributed by atoms with Crippen LogP contribution in [0.2, 0.25) is 0 Å². The van der Waals surface area contributed by atoms with Gasteiger partial charge in [0.15, 0.2) is 0 Å². The van der Waals surface area contributed by atoms with Crippen molar-refractivity contribution in [1.82, 2.24) is 5.32 Å². The molecule has 0 saturated heterocycles. The molecule has 0 aromatic heterocycles. The molecule has 15 heavy (non-hydrogen) atoms. The van der Waals surface area contributed by atoms with E-state index in [1.165, 1.54) is 0 Å². The van der Waals surface area contributed by atoms with Gasteiger partial charge in [0.2, 0.25) is 0 Å². The van der Waals surface area contributed by atoms with Crippen molar-refractivity contribution in [1.29, 1.82) is 0 Å². The second-order valence-corrected chi connectivity index (χ2v) is 5.54. The van der Waals surface area contributed by atoms with Crippen LogP contribution in [0.5, 0.6) is 0 Å². The number of alkyl carbamates (subject to hydrolysis) is 1. The summed E-state index contributed by atoms with van der Waals surface area (Å²) in [6.45, 7) is 14.0. The fraction of sp³-hybridized carbons (Fsp3) is 0.917. The molecule has 3 nitrogen and oxygen atoms in total. The molecule has 0 aliphatic heterocycles. The van der Waals surface area contributed by atoms with Crippen LogP contribution in [0.25, 0.3) is 0 Å². The number of nitrogens with one attached hydrogen (secondary N) is 1. The molecule has 1 amide bonds. The van der Waals surface area contributed by atoms with E-state index in [0.717, 1.165) is 0 Å². The van der Waals surface area contributed by atoms with Crippen molar-refractivity contribution in [2.45, 2.75) is 60.1 Å². The van der Waals surface area contributed by atoms with Crippen LogP contribution in [0.15, 0.2) is 0 Å². The molecule has 0 aromatic carbocycles. The Morgan fingerprint density at radius 1 is 1.13 bits per heavy atom. The van der Waals surface area contributed by atoms with Crippen molar-refractivity contribution in [2.75, 3.05) is 0 Å². The Morgan fingerprint density at radius 2 is 1.60 bits per heavy atom. The quantitative estimate of drug-likeness (QED) is 0.785. The molecule has 0 saturated carbocycles. The van der Waals surface area contributed by atoms with E-state index in [1.807, 2.05) is 27.7 Å². The van der Waals surface area contributed by atoms with Gasteiger partial charge >= 0.3 is 6.09 Å². The zero-order valence-electron chi connectivity index (χ0n) is 11.0. The standard InChI is InChI=1S/C12H25NO2/c1-8(2)9(3)10(4)13-11(14)15-12(5,6)7/h8-10H,1-7H3,(H,13,14)/t9-,10+/m0/s1. The summed E-state index contributed by atoms with van der Waals surface area (Å²) in [5.41, 5.74) is -0.426. The lowest BCUT2D eigenvalue weighted by molar-refractivity contribution is 0.0487. The number of hydrogen-bond acceptors (Lipinski definition) is 2. The number of carbonyl (C=O) groups excluding carboxylic acids is 1. The van der Waals surface area contributed by atoms with Crippen molar-refractivity contribution in [2.24, 2.45) is 11.8 Å². The van der Waals surface area contributed by atoms with Crippen molar-refractivity contribution in [3.05, 3.63) is 0 Å². The second kappa shape index (κ2) is 5.38. The third-order valence-electron chi connectivity index (χ3n) is 2.58. The van der Waals surface area contributed by atoms with E-state index in [4.69, 9.17) is 4.74 Å². The first kappa shape index (κ1) is 14.3. The summed E-state index contributed by atoms with van der Waals surface area (Å²) >= 11 is 0. The number of amides is 1. The van der Waals surface area contributed by atoms with Gasteiger partial charge in [-0.3, -0.25) is 0 Å². The summed E-state index contributed by atoms with van der Waals surface area (Å²) in [6, 6.07) is 0.139. The van der Waals surface area contributed by atoms with E-state index in [-0.39, 0.29) is 12.1 Å². The molecule has 0 heterocycles. The molecule has 0 fully saturated rings. The van der Waals surface area contributed by atoms with Gasteiger partial charge in [0, 0.05) is 6.04 Å². The lowest BCUT2D eigenvalue weighted by atomic mass is 9.91. The molecule has 0 rings (SSSR count). The van der Waals surface area contributed by atoms with Crippen LogP contribution in [-0.2, 0) is 4.74 Å². The summed E-state index contributed by atoms with van der Waals surface area (Å²) in [6.07, 6.45) is -0.331. The van der Waals surface area contributed by atoms with Crippen LogP contribution in [0.4, 0.5) is 4.79 Å². The Labute approximate surface area is 93.6 Å². The first-order valence-electron chi connectivity index (χ1n) is 5.63. The van der Waals surface area contributed by atoms with Crippen LogP contribution in [0.3, 0.4) is 0 Å². The third kappa shape index (κ3) is 6.37. The Balaban J connectivity index is 4.08. The Kier molecular flexibility index (Phi) is 5.12. The summed E-state index contributed by atoms with van der Waals surface area (Å²) in [7, 11) is 0. The number of carbonyl (C=O) groups is 1. The molecule has 3 heteroatoms. The lowest BCUT2D eigenvalue weighted by Gasteiger charge is -2.26. The van der Waals surface area contributed by atoms with E-state index in [1.54, 1.807) is 0 Å². The topological polar surface area (TPSA) is 38.3 Å². The Bertz CT molecular complexity index is 206. The molecule has 0 aliphatic carbocycles. The number of rotatable bonds is 3. The molecule has 0 aliphatic rings. The van der Waals surface area contributed by atoms with Gasteiger partial charge in [-0.05, 0) is 39.5 Å². The molecular weight excluding hydrogens is 190 g/mol. The van der Waals surface area contributed by atoms with Gasteiger partial charge < -0.3 is 10.1 Å². The molecule has 2 atom stereocenters. The second-order valence-electron chi connectivity index (χ2n) is 5.54. The average molecular weight is 215 g/mol. The Hall–Kier alpha value is -0.730. The van der Waals surface area contributed by atoms with Crippen LogP contribution in [0.1, 0.15) is 48.5 Å². The first-order chi connectivity index (χ1) is 6.63. The van der Waals surface area contributed by atoms with Gasteiger partial charge in [-0.2, -0.15) is 0 Å². The fourth-order valence-electron chi connectivity index (χ4n) is 1.20. The highest BCUT2D eigenvalue weighted by molar-refractivity contribution is 5.68. The summed E-state index contributed by atoms with van der Waals surface area (Å²) in [5, 5.41) is 2.86. The summed E-state index contributed by atoms with van der Waals surface area (Å²) < 4.78 is 5.19. The normalized spacial score (nSPS) is 16.0. The van der Waals surface area contributed by atoms with Gasteiger partial charge in [0.05, 0.1) is 0 Å². The van der Waals surface area contributed by atoms with Crippen molar-refractivity contribution >= 4 is 6.09 Å². The third-order valence-corrected chi connectivity index (χ3v) is 2.58. The smallest absolute Gasteiger partial charge is 0.407 e. The summed E-state index contributed by atoms with van der Waals surface area (Å²) in [5.74, 6) is 0.993. The highest BCUT2D eigenvalue weighted by atomic mass is 16.6. The first-order valence-corrected chi connectivity index (χ1v) is 5.63. The zero-order valence-corrected chi connectivity index (χ0v) is 11.0. The fourth-order valence-corrected chi connectivity index (χ4v) is 1.20. The van der Waals surface area contributed by atoms with Crippen LogP contribution >= 0.6 is 0 Å². The largest absolute Gasteiger partial charge is 0.444 e. The van der Waals surface area contributed by atoms with Crippen molar-refractivity contribution in [3.8, 4) is 0 Å². The molecule has 0 spiro atoms.